The Kier molecular flexibility index (Phi) is 5.84. The van der Waals surface area contributed by atoms with E-state index in [-0.39, 0.29) is 32.6 Å². The van der Waals surface area contributed by atoms with Crippen molar-refractivity contribution < 1.29 is 27.9 Å². The summed E-state index contributed by atoms with van der Waals surface area (Å²) in [6.45, 7) is -0.647. The Hall–Kier alpha value is -1.95. The predicted molar refractivity (Wildman–Crippen MR) is 67.5 cm³/mol. The topological polar surface area (TPSA) is 72.9 Å². The van der Waals surface area contributed by atoms with E-state index >= 15 is 0 Å². The van der Waals surface area contributed by atoms with E-state index in [9.17, 15) is 22.8 Å². The van der Waals surface area contributed by atoms with E-state index in [1.54, 1.807) is 0 Å². The van der Waals surface area contributed by atoms with Gasteiger partial charge in [-0.15, -0.1) is 12.3 Å². The molecule has 0 bridgehead atoms. The zero-order chi connectivity index (χ0) is 16.0. The van der Waals surface area contributed by atoms with Crippen LogP contribution in [0.25, 0.3) is 0 Å². The molecule has 6 nitrogen and oxygen atoms in total. The van der Waals surface area contributed by atoms with Crippen molar-refractivity contribution >= 4 is 12.0 Å². The highest BCUT2D eigenvalue weighted by Gasteiger charge is 2.33. The van der Waals surface area contributed by atoms with Crippen LogP contribution in [0.5, 0.6) is 0 Å². The predicted octanol–water partition coefficient (Wildman–Crippen LogP) is 0.352. The van der Waals surface area contributed by atoms with Crippen LogP contribution in [-0.2, 0) is 4.79 Å². The Bertz CT molecular complexity index is 426. The third-order valence-corrected chi connectivity index (χ3v) is 2.98. The number of halogens is 3. The van der Waals surface area contributed by atoms with Gasteiger partial charge in [0, 0.05) is 32.6 Å². The van der Waals surface area contributed by atoms with E-state index in [1.807, 2.05) is 0 Å². The molecule has 2 amide bonds. The van der Waals surface area contributed by atoms with Crippen LogP contribution in [0.2, 0.25) is 0 Å². The smallest absolute Gasteiger partial charge is 0.401 e. The lowest BCUT2D eigenvalue weighted by atomic mass is 10.2. The first-order valence-corrected chi connectivity index (χ1v) is 6.23. The molecule has 0 spiro atoms. The Balaban J connectivity index is 2.45. The van der Waals surface area contributed by atoms with Crippen LogP contribution in [0.1, 0.15) is 6.42 Å². The molecule has 0 aromatic heterocycles. The molecule has 1 heterocycles. The maximum absolute atomic E-state index is 12.2. The standard InChI is InChI=1S/C12H16F3N3O3/c1-2-3-9(10(19)20)16-11(21)18-6-4-17(5-7-18)8-12(13,14)15/h1,9H,3-8H2,(H,16,21)(H,19,20). The summed E-state index contributed by atoms with van der Waals surface area (Å²) < 4.78 is 36.7. The van der Waals surface area contributed by atoms with Gasteiger partial charge >= 0.3 is 18.2 Å². The van der Waals surface area contributed by atoms with Gasteiger partial charge in [0.05, 0.1) is 6.54 Å². The molecule has 21 heavy (non-hydrogen) atoms. The van der Waals surface area contributed by atoms with Crippen LogP contribution < -0.4 is 5.32 Å². The highest BCUT2D eigenvalue weighted by Crippen LogP contribution is 2.17. The lowest BCUT2D eigenvalue weighted by molar-refractivity contribution is -0.148. The van der Waals surface area contributed by atoms with Crippen molar-refractivity contribution in [1.29, 1.82) is 0 Å². The summed E-state index contributed by atoms with van der Waals surface area (Å²) in [5, 5.41) is 11.1. The van der Waals surface area contributed by atoms with Gasteiger partial charge in [-0.1, -0.05) is 0 Å². The highest BCUT2D eigenvalue weighted by molar-refractivity contribution is 5.82. The number of nitrogens with zero attached hydrogens (tertiary/aromatic N) is 2. The summed E-state index contributed by atoms with van der Waals surface area (Å²) in [5.41, 5.74) is 0. The van der Waals surface area contributed by atoms with Crippen LogP contribution in [0.15, 0.2) is 0 Å². The van der Waals surface area contributed by atoms with Gasteiger partial charge in [0.2, 0.25) is 0 Å². The molecule has 2 N–H and O–H groups in total. The van der Waals surface area contributed by atoms with E-state index in [0.29, 0.717) is 0 Å². The SMILES string of the molecule is C#CCC(NC(=O)N1CCN(CC(F)(F)F)CC1)C(=O)O. The number of hydrogen-bond acceptors (Lipinski definition) is 3. The quantitative estimate of drug-likeness (QED) is 0.735. The highest BCUT2D eigenvalue weighted by atomic mass is 19.4. The number of aliphatic carboxylic acids is 1. The number of urea groups is 1. The van der Waals surface area contributed by atoms with E-state index in [4.69, 9.17) is 11.5 Å². The molecular weight excluding hydrogens is 291 g/mol. The van der Waals surface area contributed by atoms with E-state index in [2.05, 4.69) is 11.2 Å². The summed E-state index contributed by atoms with van der Waals surface area (Å²) in [5.74, 6) is 0.890. The molecule has 0 saturated carbocycles. The number of nitrogens with one attached hydrogen (secondary N) is 1. The Morgan fingerprint density at radius 3 is 2.29 bits per heavy atom. The molecule has 1 aliphatic heterocycles. The van der Waals surface area contributed by atoms with Crippen LogP contribution in [-0.4, -0.2) is 71.8 Å². The number of piperazine rings is 1. The summed E-state index contributed by atoms with van der Waals surface area (Å²) in [4.78, 5) is 25.1. The first kappa shape index (κ1) is 17.1. The lowest BCUT2D eigenvalue weighted by Gasteiger charge is -2.35. The fraction of sp³-hybridized carbons (Fsp3) is 0.667. The van der Waals surface area contributed by atoms with Crippen LogP contribution in [0.4, 0.5) is 18.0 Å². The molecule has 1 aliphatic rings. The largest absolute Gasteiger partial charge is 0.480 e. The van der Waals surface area contributed by atoms with Gasteiger partial charge in [-0.05, 0) is 0 Å². The van der Waals surface area contributed by atoms with Gasteiger partial charge in [0.25, 0.3) is 0 Å². The number of amides is 2. The fourth-order valence-electron chi connectivity index (χ4n) is 1.92. The summed E-state index contributed by atoms with van der Waals surface area (Å²) in [7, 11) is 0. The van der Waals surface area contributed by atoms with Crippen molar-refractivity contribution in [2.75, 3.05) is 32.7 Å². The van der Waals surface area contributed by atoms with Gasteiger partial charge in [0.15, 0.2) is 0 Å². The number of carboxylic acid groups (broad SMARTS) is 1. The summed E-state index contributed by atoms with van der Waals surface area (Å²) in [6, 6.07) is -1.83. The normalized spacial score (nSPS) is 17.9. The van der Waals surface area contributed by atoms with Crippen LogP contribution in [0.3, 0.4) is 0 Å². The fourth-order valence-corrected chi connectivity index (χ4v) is 1.92. The van der Waals surface area contributed by atoms with Gasteiger partial charge < -0.3 is 15.3 Å². The maximum Gasteiger partial charge on any atom is 0.401 e. The third kappa shape index (κ3) is 5.91. The van der Waals surface area contributed by atoms with E-state index < -0.39 is 30.8 Å². The third-order valence-electron chi connectivity index (χ3n) is 2.98. The number of hydrogen-bond donors (Lipinski definition) is 2. The molecule has 1 fully saturated rings. The van der Waals surface area contributed by atoms with Crippen LogP contribution in [0, 0.1) is 12.3 Å². The van der Waals surface area contributed by atoms with Gasteiger partial charge in [-0.25, -0.2) is 9.59 Å². The molecule has 0 aromatic rings. The minimum Gasteiger partial charge on any atom is -0.480 e. The number of carboxylic acids is 1. The van der Waals surface area contributed by atoms with Crippen molar-refractivity contribution in [3.8, 4) is 12.3 Å². The van der Waals surface area contributed by atoms with Crippen molar-refractivity contribution in [2.45, 2.75) is 18.6 Å². The molecular formula is C12H16F3N3O3. The monoisotopic (exact) mass is 307 g/mol. The van der Waals surface area contributed by atoms with Gasteiger partial charge in [-0.3, -0.25) is 4.90 Å². The average Bonchev–Trinajstić information content (AvgIpc) is 2.36. The second-order valence-electron chi connectivity index (χ2n) is 4.63. The Morgan fingerprint density at radius 2 is 1.86 bits per heavy atom. The molecule has 1 unspecified atom stereocenters. The van der Waals surface area contributed by atoms with Gasteiger partial charge in [0.1, 0.15) is 6.04 Å². The average molecular weight is 307 g/mol. The summed E-state index contributed by atoms with van der Waals surface area (Å²) in [6.07, 6.45) is 0.577. The molecule has 0 radical (unpaired) electrons. The first-order valence-electron chi connectivity index (χ1n) is 6.23. The van der Waals surface area contributed by atoms with Gasteiger partial charge in [-0.2, -0.15) is 13.2 Å². The van der Waals surface area contributed by atoms with Crippen molar-refractivity contribution in [2.24, 2.45) is 0 Å². The van der Waals surface area contributed by atoms with Crippen molar-refractivity contribution in [1.82, 2.24) is 15.1 Å². The maximum atomic E-state index is 12.2. The minimum absolute atomic E-state index is 0.0831. The molecule has 0 aliphatic carbocycles. The molecule has 1 saturated heterocycles. The minimum atomic E-state index is -4.27. The number of rotatable bonds is 4. The second-order valence-corrected chi connectivity index (χ2v) is 4.63. The van der Waals surface area contributed by atoms with E-state index in [0.717, 1.165) is 0 Å². The zero-order valence-corrected chi connectivity index (χ0v) is 11.2. The number of alkyl halides is 3. The molecule has 1 atom stereocenters. The Labute approximate surface area is 119 Å². The number of carbonyl (C=O) groups is 2. The molecule has 1 rings (SSSR count). The Morgan fingerprint density at radius 1 is 1.29 bits per heavy atom. The number of terminal acetylenes is 1. The summed E-state index contributed by atoms with van der Waals surface area (Å²) >= 11 is 0. The van der Waals surface area contributed by atoms with Crippen molar-refractivity contribution in [3.63, 3.8) is 0 Å². The van der Waals surface area contributed by atoms with Crippen LogP contribution >= 0.6 is 0 Å². The zero-order valence-electron chi connectivity index (χ0n) is 11.2. The van der Waals surface area contributed by atoms with E-state index in [1.165, 1.54) is 9.80 Å². The lowest BCUT2D eigenvalue weighted by Crippen LogP contribution is -2.55. The first-order chi connectivity index (χ1) is 9.73. The second kappa shape index (κ2) is 7.17. The molecule has 0 aromatic carbocycles. The number of carbonyl (C=O) groups excluding carboxylic acids is 1. The molecule has 118 valence electrons. The van der Waals surface area contributed by atoms with Crippen molar-refractivity contribution in [3.05, 3.63) is 0 Å². The molecule has 9 heteroatoms.